The maximum atomic E-state index is 11.8. The van der Waals surface area contributed by atoms with E-state index < -0.39 is 0 Å². The van der Waals surface area contributed by atoms with E-state index in [-0.39, 0.29) is 12.3 Å². The summed E-state index contributed by atoms with van der Waals surface area (Å²) in [6.45, 7) is 4.51. The van der Waals surface area contributed by atoms with Gasteiger partial charge in [-0.1, -0.05) is 55.1 Å². The largest absolute Gasteiger partial charge is 0.493 e. The standard InChI is InChI=1S/C14H17N3O2S2/c1-10(2)20-14-17-16-13(21-14)15-12(18)8-9-19-11-6-4-3-5-7-11/h3-7,10H,8-9H2,1-2H3,(H,15,16,18). The molecular weight excluding hydrogens is 306 g/mol. The summed E-state index contributed by atoms with van der Waals surface area (Å²) in [6.07, 6.45) is 0.279. The third-order valence-corrected chi connectivity index (χ3v) is 4.26. The summed E-state index contributed by atoms with van der Waals surface area (Å²) in [5.41, 5.74) is 0. The van der Waals surface area contributed by atoms with Crippen molar-refractivity contribution in [3.63, 3.8) is 0 Å². The highest BCUT2D eigenvalue weighted by molar-refractivity contribution is 8.01. The molecule has 1 aromatic carbocycles. The molecule has 0 aliphatic carbocycles. The van der Waals surface area contributed by atoms with E-state index in [1.807, 2.05) is 30.3 Å². The lowest BCUT2D eigenvalue weighted by molar-refractivity contribution is -0.116. The van der Waals surface area contributed by atoms with E-state index in [0.717, 1.165) is 10.1 Å². The molecule has 2 rings (SSSR count). The first-order chi connectivity index (χ1) is 10.1. The molecule has 0 fully saturated rings. The van der Waals surface area contributed by atoms with E-state index in [1.54, 1.807) is 11.8 Å². The summed E-state index contributed by atoms with van der Waals surface area (Å²) in [5.74, 6) is 0.639. The van der Waals surface area contributed by atoms with Gasteiger partial charge in [-0.05, 0) is 12.1 Å². The summed E-state index contributed by atoms with van der Waals surface area (Å²) in [7, 11) is 0. The van der Waals surface area contributed by atoms with Crippen LogP contribution in [0, 0.1) is 0 Å². The monoisotopic (exact) mass is 323 g/mol. The molecule has 1 heterocycles. The number of carbonyl (C=O) groups is 1. The lowest BCUT2D eigenvalue weighted by Gasteiger charge is -2.05. The minimum atomic E-state index is -0.122. The van der Waals surface area contributed by atoms with Crippen molar-refractivity contribution < 1.29 is 9.53 Å². The van der Waals surface area contributed by atoms with Crippen molar-refractivity contribution in [2.24, 2.45) is 0 Å². The Bertz CT molecular complexity index is 573. The van der Waals surface area contributed by atoms with Crippen molar-refractivity contribution in [3.05, 3.63) is 30.3 Å². The molecule has 0 aliphatic rings. The highest BCUT2D eigenvalue weighted by Gasteiger charge is 2.09. The molecule has 7 heteroatoms. The van der Waals surface area contributed by atoms with Crippen molar-refractivity contribution in [3.8, 4) is 5.75 Å². The Morgan fingerprint density at radius 1 is 1.33 bits per heavy atom. The summed E-state index contributed by atoms with van der Waals surface area (Å²) in [4.78, 5) is 11.8. The Balaban J connectivity index is 1.73. The molecule has 0 saturated carbocycles. The summed E-state index contributed by atoms with van der Waals surface area (Å²) in [5, 5.41) is 11.7. The molecule has 0 aliphatic heterocycles. The fourth-order valence-corrected chi connectivity index (χ4v) is 3.46. The SMILES string of the molecule is CC(C)Sc1nnc(NC(=O)CCOc2ccccc2)s1. The molecule has 0 unspecified atom stereocenters. The van der Waals surface area contributed by atoms with Crippen LogP contribution in [-0.2, 0) is 4.79 Å². The van der Waals surface area contributed by atoms with Gasteiger partial charge in [0.25, 0.3) is 0 Å². The highest BCUT2D eigenvalue weighted by atomic mass is 32.2. The lowest BCUT2D eigenvalue weighted by atomic mass is 10.3. The Hall–Kier alpha value is -1.60. The number of nitrogens with one attached hydrogen (secondary N) is 1. The zero-order valence-electron chi connectivity index (χ0n) is 11.9. The number of thioether (sulfide) groups is 1. The fraction of sp³-hybridized carbons (Fsp3) is 0.357. The van der Waals surface area contributed by atoms with Crippen LogP contribution in [0.2, 0.25) is 0 Å². The van der Waals surface area contributed by atoms with Crippen molar-refractivity contribution in [1.29, 1.82) is 0 Å². The van der Waals surface area contributed by atoms with Crippen LogP contribution < -0.4 is 10.1 Å². The second-order valence-corrected chi connectivity index (χ2v) is 7.30. The predicted molar refractivity (Wildman–Crippen MR) is 86.1 cm³/mol. The first kappa shape index (κ1) is 15.8. The Morgan fingerprint density at radius 2 is 2.10 bits per heavy atom. The zero-order valence-corrected chi connectivity index (χ0v) is 13.5. The molecule has 2 aromatic rings. The number of para-hydroxylation sites is 1. The van der Waals surface area contributed by atoms with Gasteiger partial charge in [0, 0.05) is 5.25 Å². The van der Waals surface area contributed by atoms with Gasteiger partial charge in [-0.25, -0.2) is 0 Å². The highest BCUT2D eigenvalue weighted by Crippen LogP contribution is 2.28. The van der Waals surface area contributed by atoms with Gasteiger partial charge in [0.2, 0.25) is 11.0 Å². The van der Waals surface area contributed by atoms with Crippen LogP contribution >= 0.6 is 23.1 Å². The van der Waals surface area contributed by atoms with Gasteiger partial charge in [-0.15, -0.1) is 10.2 Å². The molecule has 1 N–H and O–H groups in total. The van der Waals surface area contributed by atoms with Gasteiger partial charge in [-0.3, -0.25) is 4.79 Å². The average molecular weight is 323 g/mol. The number of amides is 1. The molecule has 0 radical (unpaired) electrons. The molecule has 112 valence electrons. The van der Waals surface area contributed by atoms with Crippen molar-refractivity contribution in [2.45, 2.75) is 29.9 Å². The first-order valence-corrected chi connectivity index (χ1v) is 8.31. The van der Waals surface area contributed by atoms with Crippen molar-refractivity contribution in [2.75, 3.05) is 11.9 Å². The minimum absolute atomic E-state index is 0.122. The van der Waals surface area contributed by atoms with E-state index in [2.05, 4.69) is 29.4 Å². The summed E-state index contributed by atoms with van der Waals surface area (Å²) >= 11 is 3.02. The third-order valence-electron chi connectivity index (χ3n) is 2.33. The molecular formula is C14H17N3O2S2. The number of ether oxygens (including phenoxy) is 1. The van der Waals surface area contributed by atoms with Gasteiger partial charge >= 0.3 is 0 Å². The Labute approximate surface area is 132 Å². The second-order valence-electron chi connectivity index (χ2n) is 4.50. The summed E-state index contributed by atoms with van der Waals surface area (Å²) in [6, 6.07) is 9.42. The van der Waals surface area contributed by atoms with Gasteiger partial charge in [0.1, 0.15) is 5.75 Å². The quantitative estimate of drug-likeness (QED) is 0.624. The van der Waals surface area contributed by atoms with Crippen LogP contribution in [0.1, 0.15) is 20.3 Å². The second kappa shape index (κ2) is 7.99. The Kier molecular flexibility index (Phi) is 6.01. The Morgan fingerprint density at radius 3 is 2.81 bits per heavy atom. The minimum Gasteiger partial charge on any atom is -0.493 e. The van der Waals surface area contributed by atoms with Crippen LogP contribution in [0.5, 0.6) is 5.75 Å². The molecule has 0 bridgehead atoms. The van der Waals surface area contributed by atoms with E-state index in [0.29, 0.717) is 17.0 Å². The molecule has 0 atom stereocenters. The number of carbonyl (C=O) groups excluding carboxylic acids is 1. The molecule has 1 aromatic heterocycles. The number of rotatable bonds is 7. The van der Waals surface area contributed by atoms with Crippen LogP contribution in [0.25, 0.3) is 0 Å². The third kappa shape index (κ3) is 5.73. The lowest BCUT2D eigenvalue weighted by Crippen LogP contribution is -2.15. The van der Waals surface area contributed by atoms with Crippen LogP contribution in [0.4, 0.5) is 5.13 Å². The van der Waals surface area contributed by atoms with E-state index in [9.17, 15) is 4.79 Å². The van der Waals surface area contributed by atoms with E-state index in [1.165, 1.54) is 11.3 Å². The summed E-state index contributed by atoms with van der Waals surface area (Å²) < 4.78 is 6.34. The van der Waals surface area contributed by atoms with Gasteiger partial charge in [0.15, 0.2) is 4.34 Å². The van der Waals surface area contributed by atoms with Gasteiger partial charge in [-0.2, -0.15) is 0 Å². The van der Waals surface area contributed by atoms with Crippen LogP contribution in [0.15, 0.2) is 34.7 Å². The normalized spacial score (nSPS) is 10.6. The first-order valence-electron chi connectivity index (χ1n) is 6.61. The van der Waals surface area contributed by atoms with Gasteiger partial charge in [0.05, 0.1) is 13.0 Å². The number of benzene rings is 1. The molecule has 5 nitrogen and oxygen atoms in total. The number of aromatic nitrogens is 2. The molecule has 0 spiro atoms. The maximum absolute atomic E-state index is 11.8. The fourth-order valence-electron chi connectivity index (χ4n) is 1.47. The average Bonchev–Trinajstić information content (AvgIpc) is 2.86. The van der Waals surface area contributed by atoms with Crippen molar-refractivity contribution >= 4 is 34.1 Å². The predicted octanol–water partition coefficient (Wildman–Crippen LogP) is 3.45. The van der Waals surface area contributed by atoms with E-state index >= 15 is 0 Å². The number of anilines is 1. The topological polar surface area (TPSA) is 64.1 Å². The zero-order chi connectivity index (χ0) is 15.1. The van der Waals surface area contributed by atoms with E-state index in [4.69, 9.17) is 4.74 Å². The smallest absolute Gasteiger partial charge is 0.229 e. The molecule has 21 heavy (non-hydrogen) atoms. The number of hydrogen-bond donors (Lipinski definition) is 1. The van der Waals surface area contributed by atoms with Crippen LogP contribution in [-0.4, -0.2) is 28.0 Å². The number of nitrogens with zero attached hydrogens (tertiary/aromatic N) is 2. The molecule has 1 amide bonds. The van der Waals surface area contributed by atoms with Gasteiger partial charge < -0.3 is 10.1 Å². The maximum Gasteiger partial charge on any atom is 0.229 e. The number of hydrogen-bond acceptors (Lipinski definition) is 6. The molecule has 0 saturated heterocycles. The van der Waals surface area contributed by atoms with Crippen molar-refractivity contribution in [1.82, 2.24) is 10.2 Å². The van der Waals surface area contributed by atoms with Crippen LogP contribution in [0.3, 0.4) is 0 Å².